The van der Waals surface area contributed by atoms with Crippen molar-refractivity contribution in [2.24, 2.45) is 5.41 Å². The topological polar surface area (TPSA) is 20.2 Å². The van der Waals surface area contributed by atoms with Gasteiger partial charge in [0.25, 0.3) is 0 Å². The zero-order chi connectivity index (χ0) is 12.3. The van der Waals surface area contributed by atoms with Gasteiger partial charge in [-0.15, -0.1) is 0 Å². The lowest BCUT2D eigenvalue weighted by atomic mass is 9.81. The maximum atomic E-state index is 13.1. The molecule has 1 N–H and O–H groups in total. The first kappa shape index (κ1) is 13.7. The lowest BCUT2D eigenvalue weighted by Gasteiger charge is -2.29. The molecular formula is C13H18BrFO. The minimum absolute atomic E-state index is 0.147. The third-order valence-corrected chi connectivity index (χ3v) is 4.01. The third-order valence-electron chi connectivity index (χ3n) is 3.23. The van der Waals surface area contributed by atoms with Crippen LogP contribution in [0.15, 0.2) is 22.7 Å². The SMILES string of the molecule is CCC(C)(C)C(O)Cc1cc(F)ccc1Br. The Balaban J connectivity index is 2.84. The molecule has 0 aromatic heterocycles. The predicted octanol–water partition coefficient (Wildman–Crippen LogP) is 3.93. The van der Waals surface area contributed by atoms with Gasteiger partial charge in [-0.25, -0.2) is 4.39 Å². The van der Waals surface area contributed by atoms with Gasteiger partial charge < -0.3 is 5.11 Å². The molecule has 1 unspecified atom stereocenters. The van der Waals surface area contributed by atoms with E-state index < -0.39 is 6.10 Å². The van der Waals surface area contributed by atoms with Gasteiger partial charge in [0.1, 0.15) is 5.82 Å². The molecule has 0 saturated carbocycles. The van der Waals surface area contributed by atoms with Crippen molar-refractivity contribution in [2.75, 3.05) is 0 Å². The Kier molecular flexibility index (Phi) is 4.51. The molecule has 0 bridgehead atoms. The second-order valence-electron chi connectivity index (χ2n) is 4.80. The Labute approximate surface area is 105 Å². The fourth-order valence-electron chi connectivity index (χ4n) is 1.42. The first-order valence-electron chi connectivity index (χ1n) is 5.49. The molecule has 1 atom stereocenters. The number of aliphatic hydroxyl groups is 1. The van der Waals surface area contributed by atoms with Crippen molar-refractivity contribution >= 4 is 15.9 Å². The fraction of sp³-hybridized carbons (Fsp3) is 0.538. The van der Waals surface area contributed by atoms with Gasteiger partial charge >= 0.3 is 0 Å². The van der Waals surface area contributed by atoms with Crippen LogP contribution in [-0.2, 0) is 6.42 Å². The highest BCUT2D eigenvalue weighted by molar-refractivity contribution is 9.10. The third kappa shape index (κ3) is 3.29. The van der Waals surface area contributed by atoms with E-state index in [-0.39, 0.29) is 11.2 Å². The summed E-state index contributed by atoms with van der Waals surface area (Å²) < 4.78 is 13.9. The second-order valence-corrected chi connectivity index (χ2v) is 5.65. The van der Waals surface area contributed by atoms with E-state index in [0.29, 0.717) is 6.42 Å². The van der Waals surface area contributed by atoms with Crippen LogP contribution in [-0.4, -0.2) is 11.2 Å². The van der Waals surface area contributed by atoms with Crippen LogP contribution in [0.4, 0.5) is 4.39 Å². The summed E-state index contributed by atoms with van der Waals surface area (Å²) in [6.45, 7) is 6.08. The quantitative estimate of drug-likeness (QED) is 0.890. The van der Waals surface area contributed by atoms with Gasteiger partial charge in [0.05, 0.1) is 6.10 Å². The summed E-state index contributed by atoms with van der Waals surface area (Å²) in [5.41, 5.74) is 0.667. The van der Waals surface area contributed by atoms with Crippen LogP contribution in [0.1, 0.15) is 32.8 Å². The molecule has 0 aliphatic rings. The van der Waals surface area contributed by atoms with Gasteiger partial charge in [-0.2, -0.15) is 0 Å². The molecule has 0 radical (unpaired) electrons. The van der Waals surface area contributed by atoms with Crippen molar-refractivity contribution in [1.82, 2.24) is 0 Å². The number of hydrogen-bond acceptors (Lipinski definition) is 1. The molecule has 0 saturated heterocycles. The van der Waals surface area contributed by atoms with E-state index in [0.717, 1.165) is 16.5 Å². The molecule has 0 amide bonds. The van der Waals surface area contributed by atoms with Gasteiger partial charge in [0.2, 0.25) is 0 Å². The summed E-state index contributed by atoms with van der Waals surface area (Å²) in [6, 6.07) is 4.56. The number of hydrogen-bond donors (Lipinski definition) is 1. The van der Waals surface area contributed by atoms with Gasteiger partial charge in [0.15, 0.2) is 0 Å². The van der Waals surface area contributed by atoms with E-state index in [4.69, 9.17) is 0 Å². The molecule has 0 aliphatic heterocycles. The van der Waals surface area contributed by atoms with E-state index >= 15 is 0 Å². The standard InChI is InChI=1S/C13H18BrFO/c1-4-13(2,3)12(16)8-9-7-10(15)5-6-11(9)14/h5-7,12,16H,4,8H2,1-3H3. The van der Waals surface area contributed by atoms with Crippen molar-refractivity contribution in [1.29, 1.82) is 0 Å². The molecule has 1 aromatic carbocycles. The zero-order valence-electron chi connectivity index (χ0n) is 9.93. The van der Waals surface area contributed by atoms with Crippen LogP contribution < -0.4 is 0 Å². The monoisotopic (exact) mass is 288 g/mol. The lowest BCUT2D eigenvalue weighted by Crippen LogP contribution is -2.30. The number of halogens is 2. The van der Waals surface area contributed by atoms with Crippen LogP contribution in [0.25, 0.3) is 0 Å². The molecule has 1 nitrogen and oxygen atoms in total. The summed E-state index contributed by atoms with van der Waals surface area (Å²) in [5.74, 6) is -0.264. The van der Waals surface area contributed by atoms with E-state index in [9.17, 15) is 9.50 Å². The van der Waals surface area contributed by atoms with E-state index in [1.54, 1.807) is 6.07 Å². The Morgan fingerprint density at radius 3 is 2.62 bits per heavy atom. The van der Waals surface area contributed by atoms with Crippen molar-refractivity contribution in [2.45, 2.75) is 39.7 Å². The van der Waals surface area contributed by atoms with Crippen LogP contribution >= 0.6 is 15.9 Å². The average Bonchev–Trinajstić information content (AvgIpc) is 2.23. The lowest BCUT2D eigenvalue weighted by molar-refractivity contribution is 0.0478. The Bertz CT molecular complexity index is 363. The number of benzene rings is 1. The normalized spacial score (nSPS) is 13.9. The van der Waals surface area contributed by atoms with Gasteiger partial charge in [-0.1, -0.05) is 36.7 Å². The summed E-state index contributed by atoms with van der Waals surface area (Å²) >= 11 is 3.37. The summed E-state index contributed by atoms with van der Waals surface area (Å²) in [7, 11) is 0. The molecule has 1 rings (SSSR count). The minimum Gasteiger partial charge on any atom is -0.392 e. The van der Waals surface area contributed by atoms with Crippen LogP contribution in [0.5, 0.6) is 0 Å². The van der Waals surface area contributed by atoms with E-state index in [2.05, 4.69) is 15.9 Å². The van der Waals surface area contributed by atoms with Crippen molar-refractivity contribution < 1.29 is 9.50 Å². The minimum atomic E-state index is -0.462. The molecule has 0 heterocycles. The maximum absolute atomic E-state index is 13.1. The first-order chi connectivity index (χ1) is 7.36. The van der Waals surface area contributed by atoms with Gasteiger partial charge in [0, 0.05) is 10.9 Å². The maximum Gasteiger partial charge on any atom is 0.123 e. The van der Waals surface area contributed by atoms with Crippen molar-refractivity contribution in [3.05, 3.63) is 34.1 Å². The van der Waals surface area contributed by atoms with E-state index in [1.165, 1.54) is 12.1 Å². The van der Waals surface area contributed by atoms with Crippen LogP contribution in [0, 0.1) is 11.2 Å². The second kappa shape index (κ2) is 5.28. The molecule has 3 heteroatoms. The highest BCUT2D eigenvalue weighted by Crippen LogP contribution is 2.29. The van der Waals surface area contributed by atoms with Crippen LogP contribution in [0.2, 0.25) is 0 Å². The predicted molar refractivity (Wildman–Crippen MR) is 67.9 cm³/mol. The molecule has 90 valence electrons. The highest BCUT2D eigenvalue weighted by Gasteiger charge is 2.26. The summed E-state index contributed by atoms with van der Waals surface area (Å²) in [6.07, 6.45) is 0.899. The Hall–Kier alpha value is -0.410. The molecule has 16 heavy (non-hydrogen) atoms. The number of aliphatic hydroxyl groups excluding tert-OH is 1. The zero-order valence-corrected chi connectivity index (χ0v) is 11.5. The summed E-state index contributed by atoms with van der Waals surface area (Å²) in [5, 5.41) is 10.1. The van der Waals surface area contributed by atoms with Gasteiger partial charge in [-0.3, -0.25) is 0 Å². The highest BCUT2D eigenvalue weighted by atomic mass is 79.9. The Morgan fingerprint density at radius 2 is 2.06 bits per heavy atom. The average molecular weight is 289 g/mol. The molecular weight excluding hydrogens is 271 g/mol. The largest absolute Gasteiger partial charge is 0.392 e. The molecule has 1 aromatic rings. The van der Waals surface area contributed by atoms with Crippen molar-refractivity contribution in [3.63, 3.8) is 0 Å². The molecule has 0 spiro atoms. The van der Waals surface area contributed by atoms with E-state index in [1.807, 2.05) is 20.8 Å². The smallest absolute Gasteiger partial charge is 0.123 e. The Morgan fingerprint density at radius 1 is 1.44 bits per heavy atom. The van der Waals surface area contributed by atoms with Crippen LogP contribution in [0.3, 0.4) is 0 Å². The fourth-order valence-corrected chi connectivity index (χ4v) is 1.83. The molecule has 0 aliphatic carbocycles. The van der Waals surface area contributed by atoms with Crippen molar-refractivity contribution in [3.8, 4) is 0 Å². The molecule has 0 fully saturated rings. The number of rotatable bonds is 4. The summed E-state index contributed by atoms with van der Waals surface area (Å²) in [4.78, 5) is 0. The van der Waals surface area contributed by atoms with Gasteiger partial charge in [-0.05, 0) is 35.6 Å². The first-order valence-corrected chi connectivity index (χ1v) is 6.28.